The quantitative estimate of drug-likeness (QED) is 0.235. The van der Waals surface area contributed by atoms with Gasteiger partial charge in [0.2, 0.25) is 11.8 Å². The molecule has 2 aromatic heterocycles. The van der Waals surface area contributed by atoms with Crippen molar-refractivity contribution in [2.75, 3.05) is 64.7 Å². The molecule has 2 amide bonds. The predicted molar refractivity (Wildman–Crippen MR) is 195 cm³/mol. The van der Waals surface area contributed by atoms with Gasteiger partial charge < -0.3 is 25.4 Å². The number of pyridine rings is 1. The molecule has 52 heavy (non-hydrogen) atoms. The number of piperidine rings is 2. The maximum absolute atomic E-state index is 14.2. The summed E-state index contributed by atoms with van der Waals surface area (Å²) >= 11 is 6.33. The number of carbonyl (C=O) groups excluding carboxylic acids is 2. The second kappa shape index (κ2) is 15.1. The summed E-state index contributed by atoms with van der Waals surface area (Å²) in [5.41, 5.74) is 1.09. The molecule has 3 aliphatic rings. The second-order valence-corrected chi connectivity index (χ2v) is 14.6. The van der Waals surface area contributed by atoms with Gasteiger partial charge in [-0.15, -0.1) is 0 Å². The predicted octanol–water partition coefficient (Wildman–Crippen LogP) is 4.90. The lowest BCUT2D eigenvalue weighted by atomic mass is 9.91. The Labute approximate surface area is 304 Å². The Hall–Kier alpha value is -4.14. The standard InChI is InChI=1S/C37H44ClF3N8O3/c1-42-34-28(37(39,40)41)19-23(20-29(34)38)18-24(35(51)48-14-6-25(7-15-48)46-16-10-43-11-17-46)21-32(50)47-12-8-26(9-13-47)49-31-22-44-30-5-3-2-4-27(30)33(31)45-36(49)52/h2-5,19-20,22,24-26,42-43H,6-18,21H2,1H3,(H,45,52)/t24-/m0/s1. The number of fused-ring (bicyclic) bond motifs is 3. The van der Waals surface area contributed by atoms with Crippen molar-refractivity contribution in [2.45, 2.75) is 56.8 Å². The van der Waals surface area contributed by atoms with Crippen molar-refractivity contribution in [3.8, 4) is 0 Å². The van der Waals surface area contributed by atoms with Gasteiger partial charge in [0, 0.05) is 83.3 Å². The number of anilines is 1. The van der Waals surface area contributed by atoms with E-state index < -0.39 is 17.7 Å². The van der Waals surface area contributed by atoms with Crippen LogP contribution < -0.4 is 16.3 Å². The summed E-state index contributed by atoms with van der Waals surface area (Å²) in [5, 5.41) is 6.67. The Morgan fingerprint density at radius 1 is 0.981 bits per heavy atom. The van der Waals surface area contributed by atoms with Gasteiger partial charge in [0.1, 0.15) is 0 Å². The first-order valence-electron chi connectivity index (χ1n) is 18.1. The number of benzene rings is 2. The average molecular weight is 741 g/mol. The van der Waals surface area contributed by atoms with Gasteiger partial charge in [0.15, 0.2) is 0 Å². The molecule has 15 heteroatoms. The van der Waals surface area contributed by atoms with Crippen LogP contribution in [0.25, 0.3) is 21.9 Å². The number of aromatic nitrogens is 3. The highest BCUT2D eigenvalue weighted by atomic mass is 35.5. The van der Waals surface area contributed by atoms with Gasteiger partial charge in [-0.05, 0) is 55.9 Å². The molecular formula is C37H44ClF3N8O3. The first-order chi connectivity index (χ1) is 25.0. The van der Waals surface area contributed by atoms with Crippen LogP contribution in [0, 0.1) is 5.92 Å². The van der Waals surface area contributed by atoms with Gasteiger partial charge in [-0.3, -0.25) is 24.0 Å². The molecule has 278 valence electrons. The van der Waals surface area contributed by atoms with E-state index in [1.807, 2.05) is 24.3 Å². The zero-order chi connectivity index (χ0) is 36.6. The molecule has 3 saturated heterocycles. The number of amides is 2. The van der Waals surface area contributed by atoms with Crippen molar-refractivity contribution in [1.82, 2.24) is 34.6 Å². The molecule has 3 fully saturated rings. The van der Waals surface area contributed by atoms with Crippen LogP contribution in [0.2, 0.25) is 5.02 Å². The third kappa shape index (κ3) is 7.38. The van der Waals surface area contributed by atoms with Crippen LogP contribution >= 0.6 is 11.6 Å². The van der Waals surface area contributed by atoms with Gasteiger partial charge in [-0.25, -0.2) is 4.79 Å². The number of aromatic amines is 1. The van der Waals surface area contributed by atoms with E-state index in [0.717, 1.165) is 61.5 Å². The van der Waals surface area contributed by atoms with Gasteiger partial charge in [-0.2, -0.15) is 13.2 Å². The lowest BCUT2D eigenvalue weighted by Gasteiger charge is -2.41. The number of hydrogen-bond acceptors (Lipinski definition) is 7. The monoisotopic (exact) mass is 740 g/mol. The molecule has 11 nitrogen and oxygen atoms in total. The number of hydrogen-bond donors (Lipinski definition) is 3. The largest absolute Gasteiger partial charge is 0.418 e. The average Bonchev–Trinajstić information content (AvgIpc) is 3.50. The summed E-state index contributed by atoms with van der Waals surface area (Å²) in [6.07, 6.45) is -0.499. The minimum Gasteiger partial charge on any atom is -0.386 e. The fourth-order valence-corrected chi connectivity index (χ4v) is 8.68. The van der Waals surface area contributed by atoms with E-state index in [9.17, 15) is 27.6 Å². The van der Waals surface area contributed by atoms with Gasteiger partial charge in [0.05, 0.1) is 44.9 Å². The normalized spacial score (nSPS) is 19.0. The highest BCUT2D eigenvalue weighted by Gasteiger charge is 2.37. The number of carbonyl (C=O) groups is 2. The van der Waals surface area contributed by atoms with Crippen LogP contribution in [-0.4, -0.2) is 106 Å². The Balaban J connectivity index is 1.07. The number of para-hydroxylation sites is 1. The summed E-state index contributed by atoms with van der Waals surface area (Å²) in [6.45, 7) is 5.59. The number of halogens is 4. The number of H-pyrrole nitrogens is 1. The van der Waals surface area contributed by atoms with E-state index in [4.69, 9.17) is 11.6 Å². The molecule has 0 radical (unpaired) electrons. The van der Waals surface area contributed by atoms with Crippen molar-refractivity contribution in [2.24, 2.45) is 5.92 Å². The number of nitrogens with one attached hydrogen (secondary N) is 3. The lowest BCUT2D eigenvalue weighted by Crippen LogP contribution is -2.53. The van der Waals surface area contributed by atoms with Crippen LogP contribution in [0.5, 0.6) is 0 Å². The Morgan fingerprint density at radius 3 is 2.35 bits per heavy atom. The number of piperazine rings is 1. The molecule has 7 rings (SSSR count). The summed E-state index contributed by atoms with van der Waals surface area (Å²) in [5.74, 6) is -1.33. The number of rotatable bonds is 8. The van der Waals surface area contributed by atoms with Crippen molar-refractivity contribution in [3.63, 3.8) is 0 Å². The minimum absolute atomic E-state index is 0.0583. The van der Waals surface area contributed by atoms with E-state index in [2.05, 4.69) is 25.5 Å². The van der Waals surface area contributed by atoms with E-state index in [0.29, 0.717) is 50.6 Å². The van der Waals surface area contributed by atoms with Crippen LogP contribution in [0.4, 0.5) is 18.9 Å². The molecule has 5 heterocycles. The maximum Gasteiger partial charge on any atom is 0.418 e. The fraction of sp³-hybridized carbons (Fsp3) is 0.514. The minimum atomic E-state index is -4.67. The molecule has 0 unspecified atom stereocenters. The van der Waals surface area contributed by atoms with Gasteiger partial charge >= 0.3 is 11.9 Å². The Morgan fingerprint density at radius 2 is 1.65 bits per heavy atom. The van der Waals surface area contributed by atoms with Crippen LogP contribution in [-0.2, 0) is 22.2 Å². The summed E-state index contributed by atoms with van der Waals surface area (Å²) in [4.78, 5) is 54.7. The SMILES string of the molecule is CNc1c(Cl)cc(C[C@@H](CC(=O)N2CCC(n3c(=O)[nH]c4c5ccccc5ncc43)CC2)C(=O)N2CCC(N3CCNCC3)CC2)cc1C(F)(F)F. The highest BCUT2D eigenvalue weighted by Crippen LogP contribution is 2.40. The van der Waals surface area contributed by atoms with Crippen molar-refractivity contribution in [1.29, 1.82) is 0 Å². The van der Waals surface area contributed by atoms with E-state index in [-0.39, 0.29) is 52.7 Å². The van der Waals surface area contributed by atoms with Crippen molar-refractivity contribution < 1.29 is 22.8 Å². The van der Waals surface area contributed by atoms with E-state index >= 15 is 0 Å². The van der Waals surface area contributed by atoms with Crippen molar-refractivity contribution >= 4 is 51.0 Å². The third-order valence-corrected chi connectivity index (χ3v) is 11.3. The molecule has 1 atom stereocenters. The fourth-order valence-electron chi connectivity index (χ4n) is 8.34. The van der Waals surface area contributed by atoms with Gasteiger partial charge in [0.25, 0.3) is 0 Å². The third-order valence-electron chi connectivity index (χ3n) is 11.0. The highest BCUT2D eigenvalue weighted by molar-refractivity contribution is 6.33. The molecular weight excluding hydrogens is 697 g/mol. The molecule has 4 aromatic rings. The van der Waals surface area contributed by atoms with E-state index in [1.165, 1.54) is 13.1 Å². The summed E-state index contributed by atoms with van der Waals surface area (Å²) in [7, 11) is 1.38. The molecule has 3 aliphatic heterocycles. The first-order valence-corrected chi connectivity index (χ1v) is 18.5. The second-order valence-electron chi connectivity index (χ2n) is 14.1. The van der Waals surface area contributed by atoms with Crippen LogP contribution in [0.15, 0.2) is 47.4 Å². The van der Waals surface area contributed by atoms with Crippen LogP contribution in [0.3, 0.4) is 0 Å². The Kier molecular flexibility index (Phi) is 10.5. The first kappa shape index (κ1) is 36.2. The van der Waals surface area contributed by atoms with Crippen LogP contribution in [0.1, 0.15) is 49.3 Å². The zero-order valence-electron chi connectivity index (χ0n) is 29.1. The molecule has 3 N–H and O–H groups in total. The maximum atomic E-state index is 14.2. The Bertz CT molecular complexity index is 1990. The number of imidazole rings is 1. The van der Waals surface area contributed by atoms with Gasteiger partial charge in [-0.1, -0.05) is 29.8 Å². The number of alkyl halides is 3. The molecule has 0 spiro atoms. The van der Waals surface area contributed by atoms with E-state index in [1.54, 1.807) is 20.6 Å². The number of nitrogens with zero attached hydrogens (tertiary/aromatic N) is 5. The smallest absolute Gasteiger partial charge is 0.386 e. The number of likely N-dealkylation sites (tertiary alicyclic amines) is 2. The summed E-state index contributed by atoms with van der Waals surface area (Å²) < 4.78 is 43.9. The molecule has 0 aliphatic carbocycles. The topological polar surface area (TPSA) is 119 Å². The molecule has 0 saturated carbocycles. The lowest BCUT2D eigenvalue weighted by molar-refractivity contribution is -0.143. The van der Waals surface area contributed by atoms with Crippen molar-refractivity contribution in [3.05, 3.63) is 69.2 Å². The molecule has 2 aromatic carbocycles. The molecule has 0 bridgehead atoms. The summed E-state index contributed by atoms with van der Waals surface area (Å²) in [6, 6.07) is 10.3. The zero-order valence-corrected chi connectivity index (χ0v) is 29.9.